The number of carboxylic acids is 1. The molecule has 1 aliphatic heterocycles. The predicted octanol–water partition coefficient (Wildman–Crippen LogP) is -0.151. The normalized spacial score (nSPS) is 28.1. The molecular weight excluding hydrogens is 258 g/mol. The standard InChI is InChI=1S/C14H25N3O3/c1-14(2,17-6-4-16(3)5-7-17)9-15-12(18)10-8-11(10)13(19)20/h10-11H,4-9H2,1-3H3,(H,15,18)(H,19,20)/t10-,11+/m1/s1. The molecule has 2 rings (SSSR count). The Bertz CT molecular complexity index is 389. The van der Waals surface area contributed by atoms with Gasteiger partial charge in [-0.3, -0.25) is 14.5 Å². The highest BCUT2D eigenvalue weighted by atomic mass is 16.4. The molecule has 2 N–H and O–H groups in total. The zero-order valence-corrected chi connectivity index (χ0v) is 12.6. The number of hydrogen-bond donors (Lipinski definition) is 2. The van der Waals surface area contributed by atoms with Gasteiger partial charge in [-0.25, -0.2) is 0 Å². The van der Waals surface area contributed by atoms with E-state index in [0.717, 1.165) is 26.2 Å². The van der Waals surface area contributed by atoms with Gasteiger partial charge in [-0.2, -0.15) is 0 Å². The summed E-state index contributed by atoms with van der Waals surface area (Å²) in [7, 11) is 2.12. The van der Waals surface area contributed by atoms with Gasteiger partial charge in [0.2, 0.25) is 5.91 Å². The van der Waals surface area contributed by atoms with Gasteiger partial charge in [0.1, 0.15) is 0 Å². The quantitative estimate of drug-likeness (QED) is 0.734. The first-order valence-electron chi connectivity index (χ1n) is 7.25. The summed E-state index contributed by atoms with van der Waals surface area (Å²) in [6.07, 6.45) is 0.482. The van der Waals surface area contributed by atoms with Gasteiger partial charge in [0.15, 0.2) is 0 Å². The number of carbonyl (C=O) groups is 2. The molecule has 20 heavy (non-hydrogen) atoms. The van der Waals surface area contributed by atoms with Gasteiger partial charge in [-0.05, 0) is 27.3 Å². The van der Waals surface area contributed by atoms with E-state index in [2.05, 4.69) is 36.0 Å². The number of nitrogens with zero attached hydrogens (tertiary/aromatic N) is 2. The Hall–Kier alpha value is -1.14. The maximum absolute atomic E-state index is 11.9. The number of carbonyl (C=O) groups excluding carboxylic acids is 1. The van der Waals surface area contributed by atoms with Crippen LogP contribution in [0.25, 0.3) is 0 Å². The Kier molecular flexibility index (Phi) is 4.34. The van der Waals surface area contributed by atoms with Gasteiger partial charge in [0, 0.05) is 38.3 Å². The molecular formula is C14H25N3O3. The number of aliphatic carboxylic acids is 1. The van der Waals surface area contributed by atoms with Crippen LogP contribution in [0.2, 0.25) is 0 Å². The average molecular weight is 283 g/mol. The first kappa shape index (κ1) is 15.3. The first-order valence-corrected chi connectivity index (χ1v) is 7.25. The summed E-state index contributed by atoms with van der Waals surface area (Å²) in [6.45, 7) is 8.90. The van der Waals surface area contributed by atoms with E-state index in [1.165, 1.54) is 0 Å². The van der Waals surface area contributed by atoms with Crippen molar-refractivity contribution in [1.29, 1.82) is 0 Å². The molecule has 1 saturated carbocycles. The van der Waals surface area contributed by atoms with Crippen LogP contribution >= 0.6 is 0 Å². The minimum Gasteiger partial charge on any atom is -0.481 e. The highest BCUT2D eigenvalue weighted by Crippen LogP contribution is 2.38. The molecule has 1 saturated heterocycles. The monoisotopic (exact) mass is 283 g/mol. The van der Waals surface area contributed by atoms with Crippen LogP contribution in [0.5, 0.6) is 0 Å². The van der Waals surface area contributed by atoms with Gasteiger partial charge < -0.3 is 15.3 Å². The highest BCUT2D eigenvalue weighted by Gasteiger charge is 2.48. The van der Waals surface area contributed by atoms with Crippen molar-refractivity contribution in [2.24, 2.45) is 11.8 Å². The Labute approximate surface area is 120 Å². The van der Waals surface area contributed by atoms with E-state index in [0.29, 0.717) is 13.0 Å². The minimum absolute atomic E-state index is 0.0927. The summed E-state index contributed by atoms with van der Waals surface area (Å²) in [5, 5.41) is 11.8. The van der Waals surface area contributed by atoms with Crippen LogP contribution in [-0.4, -0.2) is 72.1 Å². The summed E-state index contributed by atoms with van der Waals surface area (Å²) < 4.78 is 0. The fourth-order valence-corrected chi connectivity index (χ4v) is 2.72. The number of likely N-dealkylation sites (N-methyl/N-ethyl adjacent to an activating group) is 1. The van der Waals surface area contributed by atoms with E-state index in [9.17, 15) is 9.59 Å². The number of nitrogens with one attached hydrogen (secondary N) is 1. The fourth-order valence-electron chi connectivity index (χ4n) is 2.72. The largest absolute Gasteiger partial charge is 0.481 e. The molecule has 0 unspecified atom stereocenters. The molecule has 2 fully saturated rings. The molecule has 1 amide bonds. The SMILES string of the molecule is CN1CCN(C(C)(C)CNC(=O)[C@@H]2C[C@@H]2C(=O)O)CC1. The van der Waals surface area contributed by atoms with Gasteiger partial charge in [0.05, 0.1) is 11.8 Å². The van der Waals surface area contributed by atoms with Crippen molar-refractivity contribution in [2.45, 2.75) is 25.8 Å². The second kappa shape index (κ2) is 5.69. The van der Waals surface area contributed by atoms with E-state index in [-0.39, 0.29) is 17.4 Å². The lowest BCUT2D eigenvalue weighted by atomic mass is 10.0. The number of carboxylic acid groups (broad SMARTS) is 1. The van der Waals surface area contributed by atoms with Crippen molar-refractivity contribution in [3.63, 3.8) is 0 Å². The molecule has 0 radical (unpaired) electrons. The topological polar surface area (TPSA) is 72.9 Å². The Morgan fingerprint density at radius 2 is 1.80 bits per heavy atom. The maximum atomic E-state index is 11.9. The Morgan fingerprint density at radius 3 is 2.30 bits per heavy atom. The van der Waals surface area contributed by atoms with Gasteiger partial charge in [-0.1, -0.05) is 0 Å². The third-order valence-corrected chi connectivity index (χ3v) is 4.50. The molecule has 0 bridgehead atoms. The van der Waals surface area contributed by atoms with E-state index in [4.69, 9.17) is 5.11 Å². The van der Waals surface area contributed by atoms with Crippen LogP contribution in [-0.2, 0) is 9.59 Å². The minimum atomic E-state index is -0.858. The fraction of sp³-hybridized carbons (Fsp3) is 0.857. The number of rotatable bonds is 5. The number of hydrogen-bond acceptors (Lipinski definition) is 4. The molecule has 114 valence electrons. The van der Waals surface area contributed by atoms with Gasteiger partial charge in [0.25, 0.3) is 0 Å². The van der Waals surface area contributed by atoms with Crippen molar-refractivity contribution in [1.82, 2.24) is 15.1 Å². The van der Waals surface area contributed by atoms with E-state index in [1.54, 1.807) is 0 Å². The number of amides is 1. The van der Waals surface area contributed by atoms with Crippen LogP contribution in [0.15, 0.2) is 0 Å². The third kappa shape index (κ3) is 3.49. The van der Waals surface area contributed by atoms with Crippen molar-refractivity contribution in [3.05, 3.63) is 0 Å². The molecule has 6 nitrogen and oxygen atoms in total. The van der Waals surface area contributed by atoms with Crippen LogP contribution in [0.4, 0.5) is 0 Å². The molecule has 2 atom stereocenters. The van der Waals surface area contributed by atoms with Crippen molar-refractivity contribution < 1.29 is 14.7 Å². The zero-order chi connectivity index (χ0) is 14.9. The summed E-state index contributed by atoms with van der Waals surface area (Å²) in [6, 6.07) is 0. The molecule has 2 aliphatic rings. The van der Waals surface area contributed by atoms with E-state index < -0.39 is 11.9 Å². The second-order valence-corrected chi connectivity index (χ2v) is 6.61. The lowest BCUT2D eigenvalue weighted by molar-refractivity contribution is -0.140. The molecule has 0 aromatic heterocycles. The molecule has 0 spiro atoms. The summed E-state index contributed by atoms with van der Waals surface area (Å²) in [5.74, 6) is -1.76. The third-order valence-electron chi connectivity index (χ3n) is 4.50. The Balaban J connectivity index is 1.77. The lowest BCUT2D eigenvalue weighted by Crippen LogP contribution is -2.58. The molecule has 1 heterocycles. The maximum Gasteiger partial charge on any atom is 0.307 e. The summed E-state index contributed by atoms with van der Waals surface area (Å²) >= 11 is 0. The van der Waals surface area contributed by atoms with Gasteiger partial charge in [-0.15, -0.1) is 0 Å². The first-order chi connectivity index (χ1) is 9.31. The van der Waals surface area contributed by atoms with Crippen molar-refractivity contribution in [3.8, 4) is 0 Å². The second-order valence-electron chi connectivity index (χ2n) is 6.61. The predicted molar refractivity (Wildman–Crippen MR) is 75.4 cm³/mol. The zero-order valence-electron chi connectivity index (χ0n) is 12.6. The van der Waals surface area contributed by atoms with Crippen LogP contribution in [0.3, 0.4) is 0 Å². The average Bonchev–Trinajstić information content (AvgIpc) is 3.17. The lowest BCUT2D eigenvalue weighted by Gasteiger charge is -2.43. The van der Waals surface area contributed by atoms with Crippen LogP contribution < -0.4 is 5.32 Å². The summed E-state index contributed by atoms with van der Waals surface area (Å²) in [5.41, 5.74) is -0.0927. The van der Waals surface area contributed by atoms with Crippen molar-refractivity contribution >= 4 is 11.9 Å². The van der Waals surface area contributed by atoms with E-state index >= 15 is 0 Å². The smallest absolute Gasteiger partial charge is 0.307 e. The molecule has 1 aliphatic carbocycles. The molecule has 6 heteroatoms. The van der Waals surface area contributed by atoms with Crippen LogP contribution in [0.1, 0.15) is 20.3 Å². The summed E-state index contributed by atoms with van der Waals surface area (Å²) in [4.78, 5) is 27.3. The number of piperazine rings is 1. The molecule has 0 aromatic carbocycles. The highest BCUT2D eigenvalue weighted by molar-refractivity contribution is 5.89. The Morgan fingerprint density at radius 1 is 1.20 bits per heavy atom. The molecule has 0 aromatic rings. The van der Waals surface area contributed by atoms with Crippen LogP contribution in [0, 0.1) is 11.8 Å². The van der Waals surface area contributed by atoms with Crippen molar-refractivity contribution in [2.75, 3.05) is 39.8 Å². The van der Waals surface area contributed by atoms with Gasteiger partial charge >= 0.3 is 5.97 Å². The van der Waals surface area contributed by atoms with E-state index in [1.807, 2.05) is 0 Å².